The number of hydrogen-bond donors (Lipinski definition) is 1. The van der Waals surface area contributed by atoms with Gasteiger partial charge in [-0.15, -0.1) is 0 Å². The van der Waals surface area contributed by atoms with Crippen molar-refractivity contribution in [2.45, 2.75) is 52.6 Å². The molecule has 1 atom stereocenters. The summed E-state index contributed by atoms with van der Waals surface area (Å²) in [6, 6.07) is 8.03. The number of halogens is 1. The normalized spacial score (nSPS) is 15.8. The smallest absolute Gasteiger partial charge is 0.136 e. The van der Waals surface area contributed by atoms with Crippen LogP contribution in [0.3, 0.4) is 0 Å². The average molecular weight is 461 g/mol. The fraction of sp³-hybridized carbons (Fsp3) is 0.600. The summed E-state index contributed by atoms with van der Waals surface area (Å²) in [4.78, 5) is 14.3. The Bertz CT molecular complexity index is 839. The van der Waals surface area contributed by atoms with E-state index >= 15 is 0 Å². The first-order chi connectivity index (χ1) is 15.5. The van der Waals surface area contributed by atoms with E-state index in [0.29, 0.717) is 13.2 Å². The molecule has 0 unspecified atom stereocenters. The van der Waals surface area contributed by atoms with Crippen molar-refractivity contribution in [2.75, 3.05) is 50.8 Å². The molecule has 0 radical (unpaired) electrons. The highest BCUT2D eigenvalue weighted by atomic mass is 35.5. The number of hydrogen-bond acceptors (Lipinski definition) is 6. The highest BCUT2D eigenvalue weighted by Gasteiger charge is 2.24. The van der Waals surface area contributed by atoms with Gasteiger partial charge in [0.05, 0.1) is 12.7 Å². The second-order valence-electron chi connectivity index (χ2n) is 8.55. The third-order valence-corrected chi connectivity index (χ3v) is 6.16. The van der Waals surface area contributed by atoms with Crippen LogP contribution in [-0.2, 0) is 17.6 Å². The van der Waals surface area contributed by atoms with E-state index in [1.807, 2.05) is 19.1 Å². The second kappa shape index (κ2) is 12.5. The number of rotatable bonds is 11. The van der Waals surface area contributed by atoms with Crippen molar-refractivity contribution in [1.82, 2.24) is 14.9 Å². The highest BCUT2D eigenvalue weighted by molar-refractivity contribution is 6.30. The maximum absolute atomic E-state index is 10.3. The molecule has 1 fully saturated rings. The molecule has 6 nitrogen and oxygen atoms in total. The molecule has 0 bridgehead atoms. The van der Waals surface area contributed by atoms with E-state index in [-0.39, 0.29) is 0 Å². The van der Waals surface area contributed by atoms with Crippen molar-refractivity contribution in [2.24, 2.45) is 0 Å². The Morgan fingerprint density at radius 1 is 1.09 bits per heavy atom. The van der Waals surface area contributed by atoms with Crippen LogP contribution in [0.5, 0.6) is 0 Å². The third kappa shape index (κ3) is 7.14. The largest absolute Gasteiger partial charge is 0.389 e. The lowest BCUT2D eigenvalue weighted by molar-refractivity contribution is 0.0150. The number of aliphatic hydroxyl groups is 1. The molecule has 32 heavy (non-hydrogen) atoms. The van der Waals surface area contributed by atoms with E-state index in [0.717, 1.165) is 80.8 Å². The number of benzene rings is 1. The molecule has 0 aliphatic carbocycles. The Hall–Kier alpha value is -1.73. The summed E-state index contributed by atoms with van der Waals surface area (Å²) in [5.74, 6) is 1.87. The number of nitrogens with zero attached hydrogens (tertiary/aromatic N) is 4. The summed E-state index contributed by atoms with van der Waals surface area (Å²) in [6.07, 6.45) is 3.39. The molecule has 1 aliphatic rings. The molecule has 1 aromatic carbocycles. The maximum Gasteiger partial charge on any atom is 0.136 e. The first kappa shape index (κ1) is 24.9. The summed E-state index contributed by atoms with van der Waals surface area (Å²) in [5, 5.41) is 11.1. The first-order valence-electron chi connectivity index (χ1n) is 11.8. The highest BCUT2D eigenvalue weighted by Crippen LogP contribution is 2.26. The van der Waals surface area contributed by atoms with E-state index in [1.54, 1.807) is 0 Å². The molecule has 1 N–H and O–H groups in total. The molecule has 0 amide bonds. The number of aromatic nitrogens is 2. The summed E-state index contributed by atoms with van der Waals surface area (Å²) < 4.78 is 5.57. The van der Waals surface area contributed by atoms with E-state index in [9.17, 15) is 5.11 Å². The quantitative estimate of drug-likeness (QED) is 0.513. The molecular weight excluding hydrogens is 424 g/mol. The van der Waals surface area contributed by atoms with Crippen LogP contribution in [0.4, 0.5) is 5.82 Å². The fourth-order valence-corrected chi connectivity index (χ4v) is 4.26. The zero-order valence-corrected chi connectivity index (χ0v) is 20.4. The van der Waals surface area contributed by atoms with Gasteiger partial charge in [0.25, 0.3) is 0 Å². The standard InChI is InChI=1S/C25H37ClN4O2/c1-4-6-15-32-18-22(31)17-29-11-13-30(14-12-29)25-23(24(5-2)27-19(3)28-25)16-20-7-9-21(26)10-8-20/h7-10,22,31H,4-6,11-18H2,1-3H3/t22-/m0/s1. The van der Waals surface area contributed by atoms with Crippen molar-refractivity contribution in [3.05, 3.63) is 51.9 Å². The van der Waals surface area contributed by atoms with Gasteiger partial charge in [-0.2, -0.15) is 0 Å². The van der Waals surface area contributed by atoms with Gasteiger partial charge in [-0.3, -0.25) is 4.90 Å². The first-order valence-corrected chi connectivity index (χ1v) is 12.2. The Morgan fingerprint density at radius 3 is 2.47 bits per heavy atom. The molecule has 1 aliphatic heterocycles. The molecule has 2 heterocycles. The molecule has 1 aromatic heterocycles. The van der Waals surface area contributed by atoms with Crippen molar-refractivity contribution in [3.8, 4) is 0 Å². The Morgan fingerprint density at radius 2 is 1.81 bits per heavy atom. The Kier molecular flexibility index (Phi) is 9.72. The SMILES string of the molecule is CCCCOC[C@@H](O)CN1CCN(c2nc(C)nc(CC)c2Cc2ccc(Cl)cc2)CC1. The van der Waals surface area contributed by atoms with Crippen LogP contribution in [0.2, 0.25) is 5.02 Å². The zero-order valence-electron chi connectivity index (χ0n) is 19.7. The summed E-state index contributed by atoms with van der Waals surface area (Å²) in [6.45, 7) is 11.6. The molecule has 7 heteroatoms. The minimum absolute atomic E-state index is 0.413. The topological polar surface area (TPSA) is 61.7 Å². The summed E-state index contributed by atoms with van der Waals surface area (Å²) >= 11 is 6.08. The van der Waals surface area contributed by atoms with Gasteiger partial charge in [-0.05, 0) is 37.5 Å². The molecule has 0 saturated carbocycles. The van der Waals surface area contributed by atoms with Crippen molar-refractivity contribution in [1.29, 1.82) is 0 Å². The maximum atomic E-state index is 10.3. The van der Waals surface area contributed by atoms with Crippen LogP contribution in [0.25, 0.3) is 0 Å². The summed E-state index contributed by atoms with van der Waals surface area (Å²) in [7, 11) is 0. The van der Waals surface area contributed by atoms with Crippen LogP contribution >= 0.6 is 11.6 Å². The minimum atomic E-state index is -0.438. The van der Waals surface area contributed by atoms with E-state index in [4.69, 9.17) is 26.3 Å². The third-order valence-electron chi connectivity index (χ3n) is 5.91. The number of unbranched alkanes of at least 4 members (excludes halogenated alkanes) is 1. The minimum Gasteiger partial charge on any atom is -0.389 e. The molecule has 3 rings (SSSR count). The van der Waals surface area contributed by atoms with Gasteiger partial charge in [0.15, 0.2) is 0 Å². The van der Waals surface area contributed by atoms with Gasteiger partial charge in [0, 0.05) is 62.0 Å². The van der Waals surface area contributed by atoms with Crippen molar-refractivity contribution in [3.63, 3.8) is 0 Å². The Balaban J connectivity index is 1.65. The van der Waals surface area contributed by atoms with Gasteiger partial charge >= 0.3 is 0 Å². The number of piperazine rings is 1. The number of β-amino-alcohol motifs (C(OH)–C–C–N with tert-alkyl or cyclic N) is 1. The van der Waals surface area contributed by atoms with Crippen LogP contribution in [0.1, 0.15) is 49.3 Å². The number of anilines is 1. The molecule has 0 spiro atoms. The zero-order chi connectivity index (χ0) is 22.9. The molecule has 1 saturated heterocycles. The van der Waals surface area contributed by atoms with E-state index < -0.39 is 6.10 Å². The second-order valence-corrected chi connectivity index (χ2v) is 8.98. The van der Waals surface area contributed by atoms with Crippen molar-refractivity contribution >= 4 is 17.4 Å². The van der Waals surface area contributed by atoms with E-state index in [1.165, 1.54) is 11.1 Å². The van der Waals surface area contributed by atoms with E-state index in [2.05, 4.69) is 35.8 Å². The fourth-order valence-electron chi connectivity index (χ4n) is 4.14. The van der Waals surface area contributed by atoms with Crippen LogP contribution < -0.4 is 4.90 Å². The number of aryl methyl sites for hydroxylation is 2. The molecule has 2 aromatic rings. The Labute approximate surface area is 197 Å². The average Bonchev–Trinajstić information content (AvgIpc) is 2.79. The van der Waals surface area contributed by atoms with Gasteiger partial charge in [-0.25, -0.2) is 9.97 Å². The van der Waals surface area contributed by atoms with Gasteiger partial charge < -0.3 is 14.7 Å². The van der Waals surface area contributed by atoms with Gasteiger partial charge in [0.1, 0.15) is 11.6 Å². The molecular formula is C25H37ClN4O2. The van der Waals surface area contributed by atoms with Crippen LogP contribution in [0.15, 0.2) is 24.3 Å². The molecule has 176 valence electrons. The van der Waals surface area contributed by atoms with Gasteiger partial charge in [0.2, 0.25) is 0 Å². The summed E-state index contributed by atoms with van der Waals surface area (Å²) in [5.41, 5.74) is 3.53. The number of aliphatic hydroxyl groups excluding tert-OH is 1. The number of ether oxygens (including phenoxy) is 1. The van der Waals surface area contributed by atoms with Gasteiger partial charge in [-0.1, -0.05) is 44.0 Å². The lowest BCUT2D eigenvalue weighted by atomic mass is 10.0. The predicted molar refractivity (Wildman–Crippen MR) is 131 cm³/mol. The van der Waals surface area contributed by atoms with Crippen LogP contribution in [-0.4, -0.2) is 72.0 Å². The monoisotopic (exact) mass is 460 g/mol. The van der Waals surface area contributed by atoms with Crippen molar-refractivity contribution < 1.29 is 9.84 Å². The van der Waals surface area contributed by atoms with Crippen LogP contribution in [0, 0.1) is 6.92 Å². The lowest BCUT2D eigenvalue weighted by Crippen LogP contribution is -2.49. The lowest BCUT2D eigenvalue weighted by Gasteiger charge is -2.37. The predicted octanol–water partition coefficient (Wildman–Crippen LogP) is 3.89.